The van der Waals surface area contributed by atoms with Gasteiger partial charge in [-0.15, -0.1) is 6.58 Å². The van der Waals surface area contributed by atoms with Gasteiger partial charge in [-0.25, -0.2) is 4.79 Å². The van der Waals surface area contributed by atoms with Crippen molar-refractivity contribution in [1.82, 2.24) is 10.6 Å². The number of rotatable bonds is 6. The Labute approximate surface area is 113 Å². The predicted octanol–water partition coefficient (Wildman–Crippen LogP) is 2.13. The second-order valence-electron chi connectivity index (χ2n) is 3.96. The van der Waals surface area contributed by atoms with E-state index in [1.807, 2.05) is 6.92 Å². The minimum atomic E-state index is -0.328. The van der Waals surface area contributed by atoms with E-state index in [9.17, 15) is 9.59 Å². The van der Waals surface area contributed by atoms with Gasteiger partial charge in [-0.2, -0.15) is 0 Å². The summed E-state index contributed by atoms with van der Waals surface area (Å²) in [6, 6.07) is 6.47. The van der Waals surface area contributed by atoms with Crippen LogP contribution in [-0.4, -0.2) is 25.0 Å². The minimum absolute atomic E-state index is 0.142. The first-order valence-corrected chi connectivity index (χ1v) is 6.21. The molecule has 19 heavy (non-hydrogen) atoms. The van der Waals surface area contributed by atoms with Crippen LogP contribution in [0, 0.1) is 0 Å². The van der Waals surface area contributed by atoms with E-state index in [2.05, 4.69) is 22.5 Å². The van der Waals surface area contributed by atoms with E-state index in [1.54, 1.807) is 30.3 Å². The van der Waals surface area contributed by atoms with Gasteiger partial charge in [-0.1, -0.05) is 19.1 Å². The maximum atomic E-state index is 11.8. The maximum Gasteiger partial charge on any atom is 0.319 e. The van der Waals surface area contributed by atoms with Gasteiger partial charge in [0.05, 0.1) is 0 Å². The molecule has 0 aliphatic rings. The normalized spacial score (nSPS) is 9.53. The van der Waals surface area contributed by atoms with Crippen molar-refractivity contribution in [3.05, 3.63) is 42.5 Å². The molecule has 0 atom stereocenters. The number of carbonyl (C=O) groups excluding carboxylic acids is 2. The summed E-state index contributed by atoms with van der Waals surface area (Å²) in [4.78, 5) is 23.2. The second kappa shape index (κ2) is 7.92. The molecule has 1 rings (SSSR count). The Morgan fingerprint density at radius 1 is 1.32 bits per heavy atom. The van der Waals surface area contributed by atoms with Crippen LogP contribution in [0.1, 0.15) is 23.7 Å². The van der Waals surface area contributed by atoms with E-state index in [1.165, 1.54) is 0 Å². The highest BCUT2D eigenvalue weighted by Crippen LogP contribution is 2.10. The van der Waals surface area contributed by atoms with Crippen molar-refractivity contribution >= 4 is 17.6 Å². The van der Waals surface area contributed by atoms with E-state index in [0.29, 0.717) is 24.3 Å². The molecule has 0 fully saturated rings. The highest BCUT2D eigenvalue weighted by atomic mass is 16.2. The summed E-state index contributed by atoms with van der Waals surface area (Å²) in [5.74, 6) is -0.142. The van der Waals surface area contributed by atoms with E-state index in [0.717, 1.165) is 6.42 Å². The molecule has 0 heterocycles. The van der Waals surface area contributed by atoms with Crippen molar-refractivity contribution in [3.63, 3.8) is 0 Å². The molecule has 1 aromatic rings. The molecule has 0 saturated heterocycles. The summed E-state index contributed by atoms with van der Waals surface area (Å²) < 4.78 is 0. The minimum Gasteiger partial charge on any atom is -0.352 e. The maximum absolute atomic E-state index is 11.8. The third-order valence-corrected chi connectivity index (χ3v) is 2.33. The SMILES string of the molecule is C=CCNC(=O)Nc1cccc(C(=O)NCCC)c1. The zero-order chi connectivity index (χ0) is 14.1. The van der Waals surface area contributed by atoms with Crippen LogP contribution < -0.4 is 16.0 Å². The topological polar surface area (TPSA) is 70.2 Å². The molecule has 0 aliphatic heterocycles. The van der Waals surface area contributed by atoms with Crippen molar-refractivity contribution in [2.45, 2.75) is 13.3 Å². The van der Waals surface area contributed by atoms with E-state index >= 15 is 0 Å². The highest BCUT2D eigenvalue weighted by Gasteiger charge is 2.06. The predicted molar refractivity (Wildman–Crippen MR) is 76.3 cm³/mol. The lowest BCUT2D eigenvalue weighted by molar-refractivity contribution is 0.0953. The van der Waals surface area contributed by atoms with Crippen LogP contribution in [0.3, 0.4) is 0 Å². The Morgan fingerprint density at radius 3 is 2.79 bits per heavy atom. The third kappa shape index (κ3) is 5.25. The number of anilines is 1. The fourth-order valence-corrected chi connectivity index (χ4v) is 1.42. The zero-order valence-electron chi connectivity index (χ0n) is 11.0. The zero-order valence-corrected chi connectivity index (χ0v) is 11.0. The van der Waals surface area contributed by atoms with E-state index in [-0.39, 0.29) is 11.9 Å². The summed E-state index contributed by atoms with van der Waals surface area (Å²) in [6.45, 7) is 6.52. The number of hydrogen-bond acceptors (Lipinski definition) is 2. The third-order valence-electron chi connectivity index (χ3n) is 2.33. The summed E-state index contributed by atoms with van der Waals surface area (Å²) in [5.41, 5.74) is 1.10. The smallest absolute Gasteiger partial charge is 0.319 e. The van der Waals surface area contributed by atoms with Crippen LogP contribution in [0.5, 0.6) is 0 Å². The second-order valence-corrected chi connectivity index (χ2v) is 3.96. The highest BCUT2D eigenvalue weighted by molar-refractivity contribution is 5.96. The van der Waals surface area contributed by atoms with Gasteiger partial charge in [-0.05, 0) is 24.6 Å². The lowest BCUT2D eigenvalue weighted by Crippen LogP contribution is -2.29. The van der Waals surface area contributed by atoms with Crippen molar-refractivity contribution in [1.29, 1.82) is 0 Å². The molecule has 1 aromatic carbocycles. The average Bonchev–Trinajstić information content (AvgIpc) is 2.42. The summed E-state index contributed by atoms with van der Waals surface area (Å²) >= 11 is 0. The van der Waals surface area contributed by atoms with Crippen LogP contribution >= 0.6 is 0 Å². The molecule has 0 spiro atoms. The van der Waals surface area contributed by atoms with Crippen LogP contribution in [0.2, 0.25) is 0 Å². The van der Waals surface area contributed by atoms with Gasteiger partial charge in [-0.3, -0.25) is 4.79 Å². The Morgan fingerprint density at radius 2 is 2.11 bits per heavy atom. The van der Waals surface area contributed by atoms with Gasteiger partial charge in [0, 0.05) is 24.3 Å². The monoisotopic (exact) mass is 261 g/mol. The molecular formula is C14H19N3O2. The van der Waals surface area contributed by atoms with Crippen LogP contribution in [0.15, 0.2) is 36.9 Å². The van der Waals surface area contributed by atoms with Crippen molar-refractivity contribution < 1.29 is 9.59 Å². The number of amides is 3. The Hall–Kier alpha value is -2.30. The van der Waals surface area contributed by atoms with Crippen LogP contribution in [0.25, 0.3) is 0 Å². The summed E-state index contributed by atoms with van der Waals surface area (Å²) in [7, 11) is 0. The van der Waals surface area contributed by atoms with E-state index < -0.39 is 0 Å². The van der Waals surface area contributed by atoms with E-state index in [4.69, 9.17) is 0 Å². The van der Waals surface area contributed by atoms with Gasteiger partial charge >= 0.3 is 6.03 Å². The van der Waals surface area contributed by atoms with Gasteiger partial charge in [0.25, 0.3) is 5.91 Å². The summed E-state index contributed by atoms with van der Waals surface area (Å²) in [5, 5.41) is 8.03. The van der Waals surface area contributed by atoms with Crippen molar-refractivity contribution in [2.24, 2.45) is 0 Å². The molecule has 0 saturated carbocycles. The summed E-state index contributed by atoms with van der Waals surface area (Å²) in [6.07, 6.45) is 2.47. The van der Waals surface area contributed by atoms with Gasteiger partial charge in [0.1, 0.15) is 0 Å². The molecule has 0 radical (unpaired) electrons. The molecule has 0 aromatic heterocycles. The Balaban J connectivity index is 2.63. The van der Waals surface area contributed by atoms with Gasteiger partial charge < -0.3 is 16.0 Å². The first-order valence-electron chi connectivity index (χ1n) is 6.21. The fraction of sp³-hybridized carbons (Fsp3) is 0.286. The first-order chi connectivity index (χ1) is 9.17. The fourth-order valence-electron chi connectivity index (χ4n) is 1.42. The Bertz CT molecular complexity index is 458. The number of nitrogens with one attached hydrogen (secondary N) is 3. The van der Waals surface area contributed by atoms with Gasteiger partial charge in [0.2, 0.25) is 0 Å². The number of hydrogen-bond donors (Lipinski definition) is 3. The lowest BCUT2D eigenvalue weighted by Gasteiger charge is -2.08. The Kier molecular flexibility index (Phi) is 6.15. The van der Waals surface area contributed by atoms with Crippen molar-refractivity contribution in [2.75, 3.05) is 18.4 Å². The number of urea groups is 1. The first kappa shape index (κ1) is 14.8. The average molecular weight is 261 g/mol. The molecule has 5 heteroatoms. The molecule has 0 unspecified atom stereocenters. The molecule has 3 amide bonds. The van der Waals surface area contributed by atoms with Crippen molar-refractivity contribution in [3.8, 4) is 0 Å². The molecule has 3 N–H and O–H groups in total. The number of carbonyl (C=O) groups is 2. The lowest BCUT2D eigenvalue weighted by atomic mass is 10.2. The van der Waals surface area contributed by atoms with Crippen LogP contribution in [-0.2, 0) is 0 Å². The quantitative estimate of drug-likeness (QED) is 0.687. The number of benzene rings is 1. The standard InChI is InChI=1S/C14H19N3O2/c1-3-8-15-13(18)11-6-5-7-12(10-11)17-14(19)16-9-4-2/h4-7,10H,2-3,8-9H2,1H3,(H,15,18)(H2,16,17,19). The molecule has 5 nitrogen and oxygen atoms in total. The molecule has 0 aliphatic carbocycles. The molecular weight excluding hydrogens is 242 g/mol. The molecule has 0 bridgehead atoms. The largest absolute Gasteiger partial charge is 0.352 e. The van der Waals surface area contributed by atoms with Gasteiger partial charge in [0.15, 0.2) is 0 Å². The molecule has 102 valence electrons. The van der Waals surface area contributed by atoms with Crippen LogP contribution in [0.4, 0.5) is 10.5 Å².